The summed E-state index contributed by atoms with van der Waals surface area (Å²) >= 11 is 12.3. The van der Waals surface area contributed by atoms with Gasteiger partial charge in [0.05, 0.1) is 22.0 Å². The SMILES string of the molecule is NS(=O)(=O)c1ccc(N2C(=O)CC(N(CCc3c[nH]c4ccccc34)S(=O)(=O)c3cc(Cl)ccc3Cl)C2=O)cc1. The molecule has 2 amide bonds. The summed E-state index contributed by atoms with van der Waals surface area (Å²) < 4.78 is 52.2. The maximum Gasteiger partial charge on any atom is 0.252 e. The van der Waals surface area contributed by atoms with Crippen LogP contribution in [0.2, 0.25) is 10.0 Å². The van der Waals surface area contributed by atoms with Crippen LogP contribution in [0.5, 0.6) is 0 Å². The summed E-state index contributed by atoms with van der Waals surface area (Å²) in [6.45, 7) is -0.144. The fraction of sp³-hybridized carbons (Fsp3) is 0.154. The highest BCUT2D eigenvalue weighted by Crippen LogP contribution is 2.33. The van der Waals surface area contributed by atoms with Crippen molar-refractivity contribution in [1.29, 1.82) is 0 Å². The van der Waals surface area contributed by atoms with Gasteiger partial charge in [0.2, 0.25) is 26.0 Å². The number of nitrogens with one attached hydrogen (secondary N) is 1. The molecule has 208 valence electrons. The summed E-state index contributed by atoms with van der Waals surface area (Å²) in [4.78, 5) is 30.2. The number of aromatic nitrogens is 1. The van der Waals surface area contributed by atoms with Crippen LogP contribution >= 0.6 is 23.2 Å². The molecule has 0 spiro atoms. The Kier molecular flexibility index (Phi) is 7.50. The minimum Gasteiger partial charge on any atom is -0.361 e. The lowest BCUT2D eigenvalue weighted by Gasteiger charge is -2.27. The number of carbonyl (C=O) groups is 2. The Morgan fingerprint density at radius 3 is 2.38 bits per heavy atom. The van der Waals surface area contributed by atoms with Gasteiger partial charge in [-0.2, -0.15) is 4.31 Å². The summed E-state index contributed by atoms with van der Waals surface area (Å²) in [5, 5.41) is 6.07. The van der Waals surface area contributed by atoms with E-state index in [1.54, 1.807) is 6.20 Å². The monoisotopic (exact) mass is 620 g/mol. The van der Waals surface area contributed by atoms with E-state index in [9.17, 15) is 26.4 Å². The molecule has 1 saturated heterocycles. The molecule has 1 aromatic heterocycles. The number of hydrogen-bond acceptors (Lipinski definition) is 6. The Hall–Kier alpha value is -3.26. The molecule has 10 nitrogen and oxygen atoms in total. The highest BCUT2D eigenvalue weighted by atomic mass is 35.5. The molecule has 1 aliphatic rings. The zero-order valence-electron chi connectivity index (χ0n) is 20.6. The number of rotatable bonds is 8. The van der Waals surface area contributed by atoms with E-state index in [1.165, 1.54) is 30.3 Å². The molecule has 1 atom stereocenters. The van der Waals surface area contributed by atoms with Crippen molar-refractivity contribution in [2.75, 3.05) is 11.4 Å². The smallest absolute Gasteiger partial charge is 0.252 e. The lowest BCUT2D eigenvalue weighted by Crippen LogP contribution is -2.46. The number of H-pyrrole nitrogens is 1. The highest BCUT2D eigenvalue weighted by Gasteiger charge is 2.47. The first kappa shape index (κ1) is 28.3. The average molecular weight is 622 g/mol. The van der Waals surface area contributed by atoms with Crippen molar-refractivity contribution in [2.45, 2.75) is 28.7 Å². The van der Waals surface area contributed by atoms with E-state index in [-0.39, 0.29) is 38.5 Å². The van der Waals surface area contributed by atoms with Gasteiger partial charge in [-0.15, -0.1) is 0 Å². The Balaban J connectivity index is 1.53. The van der Waals surface area contributed by atoms with Gasteiger partial charge in [0, 0.05) is 28.7 Å². The Morgan fingerprint density at radius 2 is 1.68 bits per heavy atom. The third kappa shape index (κ3) is 5.26. The van der Waals surface area contributed by atoms with Crippen LogP contribution in [0, 0.1) is 0 Å². The number of primary sulfonamides is 1. The fourth-order valence-electron chi connectivity index (χ4n) is 4.71. The second kappa shape index (κ2) is 10.6. The molecule has 0 aliphatic carbocycles. The van der Waals surface area contributed by atoms with Crippen LogP contribution in [-0.4, -0.2) is 50.5 Å². The van der Waals surface area contributed by atoms with Gasteiger partial charge in [-0.3, -0.25) is 9.59 Å². The maximum atomic E-state index is 14.0. The van der Waals surface area contributed by atoms with Gasteiger partial charge in [0.15, 0.2) is 0 Å². The molecule has 0 bridgehead atoms. The number of fused-ring (bicyclic) bond motifs is 1. The molecule has 5 rings (SSSR count). The molecule has 3 N–H and O–H groups in total. The van der Waals surface area contributed by atoms with Gasteiger partial charge in [-0.1, -0.05) is 41.4 Å². The zero-order valence-corrected chi connectivity index (χ0v) is 23.8. The molecule has 1 aliphatic heterocycles. The molecular weight excluding hydrogens is 599 g/mol. The number of hydrogen-bond donors (Lipinski definition) is 2. The van der Waals surface area contributed by atoms with Gasteiger partial charge in [0.25, 0.3) is 5.91 Å². The Morgan fingerprint density at radius 1 is 0.975 bits per heavy atom. The average Bonchev–Trinajstić information content (AvgIpc) is 3.45. The number of carbonyl (C=O) groups excluding carboxylic acids is 2. The number of benzene rings is 3. The fourth-order valence-corrected chi connectivity index (χ4v) is 7.55. The van der Waals surface area contributed by atoms with E-state index in [2.05, 4.69) is 4.98 Å². The largest absolute Gasteiger partial charge is 0.361 e. The number of anilines is 1. The number of para-hydroxylation sites is 1. The standard InChI is InChI=1S/C26H22Cl2N4O6S2/c27-17-5-10-21(28)24(13-17)40(37,38)31(12-11-16-15-30-22-4-2-1-3-20(16)22)23-14-25(33)32(26(23)34)18-6-8-19(9-7-18)39(29,35)36/h1-10,13,15,23,30H,11-12,14H2,(H2,29,35,36). The molecule has 1 unspecified atom stereocenters. The molecule has 4 aromatic rings. The first-order valence-electron chi connectivity index (χ1n) is 11.9. The van der Waals surface area contributed by atoms with E-state index in [1.807, 2.05) is 24.3 Å². The normalized spacial score (nSPS) is 16.4. The quantitative estimate of drug-likeness (QED) is 0.287. The van der Waals surface area contributed by atoms with E-state index in [4.69, 9.17) is 28.3 Å². The molecule has 0 radical (unpaired) electrons. The molecule has 2 heterocycles. The summed E-state index contributed by atoms with van der Waals surface area (Å²) in [5.74, 6) is -1.43. The number of sulfonamides is 2. The van der Waals surface area contributed by atoms with E-state index in [0.717, 1.165) is 37.8 Å². The molecule has 40 heavy (non-hydrogen) atoms. The van der Waals surface area contributed by atoms with Crippen LogP contribution < -0.4 is 10.0 Å². The van der Waals surface area contributed by atoms with Crippen LogP contribution in [0.15, 0.2) is 82.7 Å². The van der Waals surface area contributed by atoms with Crippen LogP contribution in [-0.2, 0) is 36.1 Å². The molecule has 1 fully saturated rings. The van der Waals surface area contributed by atoms with Crippen LogP contribution in [0.4, 0.5) is 5.69 Å². The van der Waals surface area contributed by atoms with E-state index >= 15 is 0 Å². The maximum absolute atomic E-state index is 14.0. The van der Waals surface area contributed by atoms with Crippen molar-refractivity contribution < 1.29 is 26.4 Å². The van der Waals surface area contributed by atoms with Gasteiger partial charge < -0.3 is 4.98 Å². The van der Waals surface area contributed by atoms with Gasteiger partial charge >= 0.3 is 0 Å². The zero-order chi connectivity index (χ0) is 28.8. The van der Waals surface area contributed by atoms with Gasteiger partial charge in [-0.05, 0) is 60.5 Å². The first-order chi connectivity index (χ1) is 18.9. The van der Waals surface area contributed by atoms with Crippen molar-refractivity contribution in [3.63, 3.8) is 0 Å². The number of nitrogens with zero attached hydrogens (tertiary/aromatic N) is 2. The lowest BCUT2D eigenvalue weighted by atomic mass is 10.1. The van der Waals surface area contributed by atoms with E-state index in [0.29, 0.717) is 0 Å². The second-order valence-electron chi connectivity index (χ2n) is 9.13. The minimum atomic E-state index is -4.42. The van der Waals surface area contributed by atoms with Crippen molar-refractivity contribution in [3.05, 3.63) is 88.5 Å². The predicted molar refractivity (Wildman–Crippen MR) is 151 cm³/mol. The number of amides is 2. The van der Waals surface area contributed by atoms with E-state index < -0.39 is 44.3 Å². The molecular formula is C26H22Cl2N4O6S2. The van der Waals surface area contributed by atoms with Crippen molar-refractivity contribution in [2.24, 2.45) is 5.14 Å². The first-order valence-corrected chi connectivity index (χ1v) is 15.6. The summed E-state index contributed by atoms with van der Waals surface area (Å²) in [6, 6.07) is 15.0. The summed E-state index contributed by atoms with van der Waals surface area (Å²) in [7, 11) is -8.42. The van der Waals surface area contributed by atoms with Crippen molar-refractivity contribution in [1.82, 2.24) is 9.29 Å². The number of halogens is 2. The predicted octanol–water partition coefficient (Wildman–Crippen LogP) is 3.69. The number of aromatic amines is 1. The third-order valence-electron chi connectivity index (χ3n) is 6.65. The Labute approximate surface area is 240 Å². The molecule has 0 saturated carbocycles. The van der Waals surface area contributed by atoms with Crippen LogP contribution in [0.3, 0.4) is 0 Å². The van der Waals surface area contributed by atoms with Gasteiger partial charge in [-0.25, -0.2) is 26.9 Å². The minimum absolute atomic E-state index is 0.0830. The summed E-state index contributed by atoms with van der Waals surface area (Å²) in [6.07, 6.45) is 1.56. The number of nitrogens with two attached hydrogens (primary N) is 1. The molecule has 14 heteroatoms. The van der Waals surface area contributed by atoms with Gasteiger partial charge in [0.1, 0.15) is 10.9 Å². The van der Waals surface area contributed by atoms with Crippen molar-refractivity contribution >= 4 is 71.7 Å². The third-order valence-corrected chi connectivity index (χ3v) is 10.2. The van der Waals surface area contributed by atoms with Crippen LogP contribution in [0.25, 0.3) is 10.9 Å². The van der Waals surface area contributed by atoms with Crippen LogP contribution in [0.1, 0.15) is 12.0 Å². The lowest BCUT2D eigenvalue weighted by molar-refractivity contribution is -0.122. The second-order valence-corrected chi connectivity index (χ2v) is 13.4. The Bertz CT molecular complexity index is 1860. The van der Waals surface area contributed by atoms with Crippen molar-refractivity contribution in [3.8, 4) is 0 Å². The number of imide groups is 1. The highest BCUT2D eigenvalue weighted by molar-refractivity contribution is 7.89. The molecule has 3 aromatic carbocycles. The topological polar surface area (TPSA) is 151 Å². The summed E-state index contributed by atoms with van der Waals surface area (Å²) in [5.41, 5.74) is 1.77.